The Hall–Kier alpha value is -4.23. The van der Waals surface area contributed by atoms with Gasteiger partial charge in [-0.1, -0.05) is 79.8 Å². The van der Waals surface area contributed by atoms with Crippen molar-refractivity contribution < 1.29 is 13.2 Å². The molecule has 4 aromatic carbocycles. The average Bonchev–Trinajstić information content (AvgIpc) is 3.30. The van der Waals surface area contributed by atoms with E-state index in [2.05, 4.69) is 71.2 Å². The Bertz CT molecular complexity index is 2020. The van der Waals surface area contributed by atoms with Crippen molar-refractivity contribution in [2.24, 2.45) is 0 Å². The first-order valence-corrected chi connectivity index (χ1v) is 16.0. The second kappa shape index (κ2) is 7.45. The summed E-state index contributed by atoms with van der Waals surface area (Å²) in [5.74, 6) is 0. The van der Waals surface area contributed by atoms with E-state index in [1.54, 1.807) is 24.5 Å². The fourth-order valence-electron chi connectivity index (χ4n) is 6.72. The minimum absolute atomic E-state index is 0.229. The number of rotatable bonds is 1. The van der Waals surface area contributed by atoms with Gasteiger partial charge in [-0.15, -0.1) is 0 Å². The van der Waals surface area contributed by atoms with E-state index in [9.17, 15) is 13.2 Å². The van der Waals surface area contributed by atoms with Crippen LogP contribution in [0.25, 0.3) is 61.1 Å². The number of benzene rings is 4. The molecular formula is C32H22F3N3Si. The highest BCUT2D eigenvalue weighted by Gasteiger charge is 2.39. The van der Waals surface area contributed by atoms with Crippen molar-refractivity contribution >= 4 is 40.4 Å². The highest BCUT2D eigenvalue weighted by Crippen LogP contribution is 2.46. The lowest BCUT2D eigenvalue weighted by Gasteiger charge is -2.21. The van der Waals surface area contributed by atoms with Crippen LogP contribution in [0.2, 0.25) is 13.1 Å². The summed E-state index contributed by atoms with van der Waals surface area (Å²) in [6, 6.07) is 26.5. The van der Waals surface area contributed by atoms with Crippen LogP contribution in [0.1, 0.15) is 5.56 Å². The van der Waals surface area contributed by atoms with Crippen molar-refractivity contribution in [1.29, 1.82) is 0 Å². The Balaban J connectivity index is 1.55. The van der Waals surface area contributed by atoms with Gasteiger partial charge in [-0.25, -0.2) is 9.97 Å². The number of fused-ring (bicyclic) bond motifs is 11. The number of nitrogens with zero attached hydrogens (tertiary/aromatic N) is 3. The summed E-state index contributed by atoms with van der Waals surface area (Å²) in [5.41, 5.74) is 9.83. The fourth-order valence-corrected chi connectivity index (χ4v) is 9.80. The third-order valence-corrected chi connectivity index (χ3v) is 12.0. The first-order valence-electron chi connectivity index (χ1n) is 13.0. The van der Waals surface area contributed by atoms with Crippen molar-refractivity contribution in [3.63, 3.8) is 0 Å². The standard InChI is InChI=1S/C32H22F3N3Si/c1-39(2)27-10-6-5-8-20(27)24-14-26-23(15-28(24)39)19-7-3-4-9-21(19)29-31-30(37-17-36-29)22-12-11-18(16-32(33,34)35)13-25(22)38(26)31/h3-15,17H,16H2,1-2H3. The molecule has 4 heterocycles. The van der Waals surface area contributed by atoms with Gasteiger partial charge in [-0.2, -0.15) is 13.2 Å². The van der Waals surface area contributed by atoms with Gasteiger partial charge in [-0.05, 0) is 44.8 Å². The molecule has 0 amide bonds. The molecule has 39 heavy (non-hydrogen) atoms. The van der Waals surface area contributed by atoms with Gasteiger partial charge in [0.2, 0.25) is 0 Å². The average molecular weight is 534 g/mol. The highest BCUT2D eigenvalue weighted by atomic mass is 28.3. The van der Waals surface area contributed by atoms with E-state index in [0.717, 1.165) is 44.5 Å². The molecule has 0 spiro atoms. The minimum atomic E-state index is -4.29. The second-order valence-corrected chi connectivity index (χ2v) is 15.4. The Morgan fingerprint density at radius 2 is 1.49 bits per heavy atom. The SMILES string of the molecule is C[Si]1(C)c2ccccc2-c2cc3c(cc21)-c1ccccc1-c1ncnc2c4ccc(CC(F)(F)F)cc4n-3c12. The number of alkyl halides is 3. The maximum Gasteiger partial charge on any atom is 0.393 e. The maximum absolute atomic E-state index is 13.4. The zero-order valence-electron chi connectivity index (χ0n) is 21.3. The van der Waals surface area contributed by atoms with Gasteiger partial charge in [0.1, 0.15) is 19.9 Å². The van der Waals surface area contributed by atoms with Crippen LogP contribution < -0.4 is 10.4 Å². The molecule has 0 bridgehead atoms. The summed E-state index contributed by atoms with van der Waals surface area (Å²) in [5, 5.41) is 3.60. The van der Waals surface area contributed by atoms with E-state index in [1.807, 2.05) is 12.1 Å². The van der Waals surface area contributed by atoms with Crippen LogP contribution in [0.15, 0.2) is 85.2 Å². The van der Waals surface area contributed by atoms with Crippen molar-refractivity contribution in [1.82, 2.24) is 14.5 Å². The Labute approximate surface area is 223 Å². The minimum Gasteiger partial charge on any atom is -0.305 e. The summed E-state index contributed by atoms with van der Waals surface area (Å²) in [6.07, 6.45) is -3.71. The third kappa shape index (κ3) is 3.05. The molecular weight excluding hydrogens is 511 g/mol. The lowest BCUT2D eigenvalue weighted by molar-refractivity contribution is -0.127. The smallest absolute Gasteiger partial charge is 0.305 e. The van der Waals surface area contributed by atoms with Crippen LogP contribution in [-0.2, 0) is 6.42 Å². The number of halogens is 3. The molecule has 2 aliphatic rings. The molecule has 0 radical (unpaired) electrons. The van der Waals surface area contributed by atoms with E-state index in [0.29, 0.717) is 5.52 Å². The molecule has 8 rings (SSSR count). The Morgan fingerprint density at radius 1 is 0.744 bits per heavy atom. The molecule has 2 aromatic heterocycles. The van der Waals surface area contributed by atoms with Gasteiger partial charge in [0.25, 0.3) is 0 Å². The number of hydrogen-bond acceptors (Lipinski definition) is 2. The summed E-state index contributed by atoms with van der Waals surface area (Å²) in [4.78, 5) is 9.39. The zero-order chi connectivity index (χ0) is 26.7. The molecule has 0 unspecified atom stereocenters. The lowest BCUT2D eigenvalue weighted by atomic mass is 9.94. The van der Waals surface area contributed by atoms with Gasteiger partial charge in [0.05, 0.1) is 28.8 Å². The molecule has 0 N–H and O–H groups in total. The van der Waals surface area contributed by atoms with E-state index in [1.165, 1.54) is 21.5 Å². The highest BCUT2D eigenvalue weighted by molar-refractivity contribution is 7.03. The van der Waals surface area contributed by atoms with Crippen molar-refractivity contribution in [3.05, 3.63) is 90.8 Å². The van der Waals surface area contributed by atoms with Crippen LogP contribution in [-0.4, -0.2) is 28.8 Å². The van der Waals surface area contributed by atoms with Crippen molar-refractivity contribution in [3.8, 4) is 39.2 Å². The molecule has 0 aliphatic carbocycles. The van der Waals surface area contributed by atoms with E-state index in [-0.39, 0.29) is 5.56 Å². The van der Waals surface area contributed by atoms with E-state index < -0.39 is 20.7 Å². The second-order valence-electron chi connectivity index (χ2n) is 11.0. The fraction of sp³-hybridized carbons (Fsp3) is 0.125. The van der Waals surface area contributed by atoms with Crippen molar-refractivity contribution in [2.45, 2.75) is 25.7 Å². The van der Waals surface area contributed by atoms with Gasteiger partial charge >= 0.3 is 6.18 Å². The predicted molar refractivity (Wildman–Crippen MR) is 153 cm³/mol. The van der Waals surface area contributed by atoms with E-state index in [4.69, 9.17) is 4.98 Å². The molecule has 0 saturated heterocycles. The molecule has 0 saturated carbocycles. The van der Waals surface area contributed by atoms with Crippen LogP contribution in [0.4, 0.5) is 13.2 Å². The normalized spacial score (nSPS) is 14.6. The molecule has 0 atom stereocenters. The number of aromatic nitrogens is 3. The van der Waals surface area contributed by atoms with Crippen LogP contribution in [0.5, 0.6) is 0 Å². The predicted octanol–water partition coefficient (Wildman–Crippen LogP) is 7.13. The molecule has 2 aliphatic heterocycles. The van der Waals surface area contributed by atoms with Gasteiger partial charge in [-0.3, -0.25) is 0 Å². The maximum atomic E-state index is 13.4. The van der Waals surface area contributed by atoms with Gasteiger partial charge < -0.3 is 4.57 Å². The quantitative estimate of drug-likeness (QED) is 0.210. The topological polar surface area (TPSA) is 30.7 Å². The van der Waals surface area contributed by atoms with E-state index >= 15 is 0 Å². The first kappa shape index (κ1) is 22.7. The molecule has 0 fully saturated rings. The Kier molecular flexibility index (Phi) is 4.34. The Morgan fingerprint density at radius 3 is 2.28 bits per heavy atom. The molecule has 190 valence electrons. The monoisotopic (exact) mass is 533 g/mol. The summed E-state index contributed by atoms with van der Waals surface area (Å²) < 4.78 is 42.4. The van der Waals surface area contributed by atoms with Gasteiger partial charge in [0.15, 0.2) is 0 Å². The molecule has 3 nitrogen and oxygen atoms in total. The first-order chi connectivity index (χ1) is 18.7. The zero-order valence-corrected chi connectivity index (χ0v) is 22.3. The van der Waals surface area contributed by atoms with Crippen LogP contribution >= 0.6 is 0 Å². The van der Waals surface area contributed by atoms with Crippen LogP contribution in [0, 0.1) is 0 Å². The van der Waals surface area contributed by atoms with Crippen molar-refractivity contribution in [2.75, 3.05) is 0 Å². The third-order valence-electron chi connectivity index (χ3n) is 8.42. The molecule has 7 heteroatoms. The van der Waals surface area contributed by atoms with Gasteiger partial charge in [0, 0.05) is 16.5 Å². The van der Waals surface area contributed by atoms with Crippen LogP contribution in [0.3, 0.4) is 0 Å². The number of hydrogen-bond donors (Lipinski definition) is 0. The summed E-state index contributed by atoms with van der Waals surface area (Å²) >= 11 is 0. The lowest BCUT2D eigenvalue weighted by Crippen LogP contribution is -2.49. The molecule has 6 aromatic rings. The summed E-state index contributed by atoms with van der Waals surface area (Å²) in [7, 11) is -1.96. The summed E-state index contributed by atoms with van der Waals surface area (Å²) in [6.45, 7) is 4.78. The largest absolute Gasteiger partial charge is 0.393 e.